The van der Waals surface area contributed by atoms with Crippen LogP contribution >= 0.6 is 15.9 Å². The molecule has 0 radical (unpaired) electrons. The maximum absolute atomic E-state index is 12.4. The van der Waals surface area contributed by atoms with E-state index in [2.05, 4.69) is 21.2 Å². The average Bonchev–Trinajstić information content (AvgIpc) is 2.54. The fraction of sp³-hybridized carbons (Fsp3) is 0.467. The van der Waals surface area contributed by atoms with E-state index in [0.717, 1.165) is 13.1 Å². The minimum Gasteiger partial charge on any atom is -0.496 e. The minimum atomic E-state index is -0.188. The van der Waals surface area contributed by atoms with E-state index in [1.54, 1.807) is 37.3 Å². The van der Waals surface area contributed by atoms with Crippen LogP contribution in [0.3, 0.4) is 0 Å². The Hall–Kier alpha value is -1.60. The van der Waals surface area contributed by atoms with E-state index in [1.165, 1.54) is 4.90 Å². The number of methoxy groups -OCH3 is 1. The first kappa shape index (κ1) is 16.8. The van der Waals surface area contributed by atoms with Crippen molar-refractivity contribution in [2.24, 2.45) is 0 Å². The van der Waals surface area contributed by atoms with Gasteiger partial charge in [-0.3, -0.25) is 9.59 Å². The summed E-state index contributed by atoms with van der Waals surface area (Å²) in [6, 6.07) is 5.12. The van der Waals surface area contributed by atoms with Crippen LogP contribution in [0.2, 0.25) is 0 Å². The third-order valence-electron chi connectivity index (χ3n) is 3.59. The molecule has 1 heterocycles. The molecule has 1 aliphatic heterocycles. The number of ether oxygens (including phenoxy) is 1. The number of hydrogen-bond acceptors (Lipinski definition) is 4. The lowest BCUT2D eigenvalue weighted by Gasteiger charge is -2.29. The fourth-order valence-electron chi connectivity index (χ4n) is 2.31. The lowest BCUT2D eigenvalue weighted by molar-refractivity contribution is -0.132. The van der Waals surface area contributed by atoms with Crippen LogP contribution in [0, 0.1) is 0 Å². The number of carbonyl (C=O) groups is 2. The predicted octanol–water partition coefficient (Wildman–Crippen LogP) is 0.961. The summed E-state index contributed by atoms with van der Waals surface area (Å²) in [4.78, 5) is 27.8. The third-order valence-corrected chi connectivity index (χ3v) is 4.21. The Morgan fingerprint density at radius 1 is 1.36 bits per heavy atom. The molecule has 0 saturated carbocycles. The van der Waals surface area contributed by atoms with Gasteiger partial charge in [0, 0.05) is 38.8 Å². The standard InChI is InChI=1S/C15H20BrN3O3/c1-18(10-14(20)19-7-5-17-6-8-19)15(21)11-3-4-13(22-2)12(16)9-11/h3-4,9,17H,5-8,10H2,1-2H3. The van der Waals surface area contributed by atoms with E-state index in [0.29, 0.717) is 28.9 Å². The Labute approximate surface area is 138 Å². The summed E-state index contributed by atoms with van der Waals surface area (Å²) in [7, 11) is 3.21. The van der Waals surface area contributed by atoms with Crippen LogP contribution in [-0.2, 0) is 4.79 Å². The zero-order chi connectivity index (χ0) is 16.1. The zero-order valence-corrected chi connectivity index (χ0v) is 14.4. The molecule has 1 aromatic rings. The lowest BCUT2D eigenvalue weighted by atomic mass is 10.2. The van der Waals surface area contributed by atoms with Gasteiger partial charge in [-0.05, 0) is 34.1 Å². The number of nitrogens with zero attached hydrogens (tertiary/aromatic N) is 2. The summed E-state index contributed by atoms with van der Waals surface area (Å²) in [5, 5.41) is 3.20. The van der Waals surface area contributed by atoms with Crippen molar-refractivity contribution in [1.29, 1.82) is 0 Å². The number of benzene rings is 1. The van der Waals surface area contributed by atoms with Crippen molar-refractivity contribution in [3.05, 3.63) is 28.2 Å². The predicted molar refractivity (Wildman–Crippen MR) is 87.1 cm³/mol. The molecular weight excluding hydrogens is 350 g/mol. The molecule has 120 valence electrons. The smallest absolute Gasteiger partial charge is 0.254 e. The molecule has 2 amide bonds. The van der Waals surface area contributed by atoms with Gasteiger partial charge in [-0.15, -0.1) is 0 Å². The number of piperazine rings is 1. The number of carbonyl (C=O) groups excluding carboxylic acids is 2. The summed E-state index contributed by atoms with van der Waals surface area (Å²) in [5.74, 6) is 0.452. The minimum absolute atomic E-state index is 0.0232. The highest BCUT2D eigenvalue weighted by atomic mass is 79.9. The van der Waals surface area contributed by atoms with Gasteiger partial charge < -0.3 is 19.9 Å². The second-order valence-electron chi connectivity index (χ2n) is 5.14. The van der Waals surface area contributed by atoms with Gasteiger partial charge in [0.1, 0.15) is 5.75 Å². The molecule has 1 fully saturated rings. The Morgan fingerprint density at radius 3 is 2.64 bits per heavy atom. The number of rotatable bonds is 4. The molecule has 7 heteroatoms. The molecule has 1 N–H and O–H groups in total. The molecule has 22 heavy (non-hydrogen) atoms. The quantitative estimate of drug-likeness (QED) is 0.858. The Morgan fingerprint density at radius 2 is 2.05 bits per heavy atom. The summed E-state index contributed by atoms with van der Waals surface area (Å²) in [5.41, 5.74) is 0.517. The van der Waals surface area contributed by atoms with Crippen LogP contribution in [0.25, 0.3) is 0 Å². The van der Waals surface area contributed by atoms with Crippen molar-refractivity contribution < 1.29 is 14.3 Å². The molecule has 6 nitrogen and oxygen atoms in total. The Balaban J connectivity index is 1.99. The first-order valence-electron chi connectivity index (χ1n) is 7.10. The van der Waals surface area contributed by atoms with E-state index in [9.17, 15) is 9.59 Å². The molecule has 0 bridgehead atoms. The van der Waals surface area contributed by atoms with Gasteiger partial charge in [0.15, 0.2) is 0 Å². The number of nitrogens with one attached hydrogen (secondary N) is 1. The molecule has 0 aliphatic carbocycles. The number of likely N-dealkylation sites (N-methyl/N-ethyl adjacent to an activating group) is 1. The van der Waals surface area contributed by atoms with E-state index in [4.69, 9.17) is 4.74 Å². The van der Waals surface area contributed by atoms with Crippen LogP contribution in [-0.4, -0.2) is 68.5 Å². The molecule has 1 aliphatic rings. The van der Waals surface area contributed by atoms with Gasteiger partial charge in [0.25, 0.3) is 5.91 Å². The molecule has 1 saturated heterocycles. The van der Waals surface area contributed by atoms with Crippen LogP contribution in [0.5, 0.6) is 5.75 Å². The monoisotopic (exact) mass is 369 g/mol. The van der Waals surface area contributed by atoms with E-state index in [-0.39, 0.29) is 18.4 Å². The lowest BCUT2D eigenvalue weighted by Crippen LogP contribution is -2.49. The average molecular weight is 370 g/mol. The second kappa shape index (κ2) is 7.60. The maximum Gasteiger partial charge on any atom is 0.254 e. The molecule has 0 atom stereocenters. The van der Waals surface area contributed by atoms with Crippen LogP contribution in [0.4, 0.5) is 0 Å². The molecule has 0 spiro atoms. The van der Waals surface area contributed by atoms with Gasteiger partial charge in [0.05, 0.1) is 18.1 Å². The number of amides is 2. The maximum atomic E-state index is 12.4. The highest BCUT2D eigenvalue weighted by Gasteiger charge is 2.21. The van der Waals surface area contributed by atoms with Crippen LogP contribution in [0.1, 0.15) is 10.4 Å². The highest BCUT2D eigenvalue weighted by Crippen LogP contribution is 2.25. The number of hydrogen-bond donors (Lipinski definition) is 1. The molecule has 2 rings (SSSR count). The molecule has 0 aromatic heterocycles. The van der Waals surface area contributed by atoms with Crippen LogP contribution < -0.4 is 10.1 Å². The van der Waals surface area contributed by atoms with Crippen molar-refractivity contribution in [2.75, 3.05) is 46.9 Å². The van der Waals surface area contributed by atoms with Gasteiger partial charge >= 0.3 is 0 Å². The molecule has 1 aromatic carbocycles. The van der Waals surface area contributed by atoms with Gasteiger partial charge in [0.2, 0.25) is 5.91 Å². The van der Waals surface area contributed by atoms with Gasteiger partial charge in [-0.2, -0.15) is 0 Å². The second-order valence-corrected chi connectivity index (χ2v) is 6.00. The van der Waals surface area contributed by atoms with Crippen molar-refractivity contribution in [1.82, 2.24) is 15.1 Å². The zero-order valence-electron chi connectivity index (χ0n) is 12.8. The van der Waals surface area contributed by atoms with Crippen molar-refractivity contribution in [2.45, 2.75) is 0 Å². The summed E-state index contributed by atoms with van der Waals surface area (Å²) in [6.07, 6.45) is 0. The first-order chi connectivity index (χ1) is 10.5. The molecule has 0 unspecified atom stereocenters. The topological polar surface area (TPSA) is 61.9 Å². The van der Waals surface area contributed by atoms with Crippen molar-refractivity contribution >= 4 is 27.7 Å². The van der Waals surface area contributed by atoms with E-state index in [1.807, 2.05) is 0 Å². The first-order valence-corrected chi connectivity index (χ1v) is 7.89. The van der Waals surface area contributed by atoms with Crippen molar-refractivity contribution in [3.8, 4) is 5.75 Å². The van der Waals surface area contributed by atoms with Crippen LogP contribution in [0.15, 0.2) is 22.7 Å². The normalized spacial score (nSPS) is 14.6. The van der Waals surface area contributed by atoms with Gasteiger partial charge in [-0.25, -0.2) is 0 Å². The summed E-state index contributed by atoms with van der Waals surface area (Å²) < 4.78 is 5.86. The summed E-state index contributed by atoms with van der Waals surface area (Å²) >= 11 is 3.36. The summed E-state index contributed by atoms with van der Waals surface area (Å²) in [6.45, 7) is 3.07. The van der Waals surface area contributed by atoms with Crippen molar-refractivity contribution in [3.63, 3.8) is 0 Å². The highest BCUT2D eigenvalue weighted by molar-refractivity contribution is 9.10. The van der Waals surface area contributed by atoms with E-state index >= 15 is 0 Å². The van der Waals surface area contributed by atoms with E-state index < -0.39 is 0 Å². The third kappa shape index (κ3) is 3.98. The number of halogens is 1. The fourth-order valence-corrected chi connectivity index (χ4v) is 2.85. The molecular formula is C15H20BrN3O3. The Kier molecular flexibility index (Phi) is 5.79. The Bertz CT molecular complexity index is 559. The largest absolute Gasteiger partial charge is 0.496 e. The SMILES string of the molecule is COc1ccc(C(=O)N(C)CC(=O)N2CCNCC2)cc1Br. The van der Waals surface area contributed by atoms with Gasteiger partial charge in [-0.1, -0.05) is 0 Å².